The van der Waals surface area contributed by atoms with Gasteiger partial charge in [0.1, 0.15) is 5.60 Å². The molecule has 0 aromatic carbocycles. The molecule has 6 aliphatic carbocycles. The van der Waals surface area contributed by atoms with Crippen molar-refractivity contribution in [2.24, 2.45) is 52.3 Å². The van der Waals surface area contributed by atoms with Crippen LogP contribution < -0.4 is 0 Å². The van der Waals surface area contributed by atoms with E-state index in [2.05, 4.69) is 106 Å². The van der Waals surface area contributed by atoms with Gasteiger partial charge in [-0.2, -0.15) is 0 Å². The summed E-state index contributed by atoms with van der Waals surface area (Å²) in [5.74, 6) is 4.74. The molecule has 6 aliphatic rings. The largest absolute Gasteiger partial charge is 0.460 e. The molecule has 0 radical (unpaired) electrons. The van der Waals surface area contributed by atoms with E-state index >= 15 is 0 Å². The van der Waals surface area contributed by atoms with E-state index in [0.717, 1.165) is 61.5 Å². The van der Waals surface area contributed by atoms with Crippen LogP contribution in [0.4, 0.5) is 0 Å². The Bertz CT molecular complexity index is 1930. The molecule has 3 N–H and O–H groups in total. The SMILES string of the molecule is C=C1/C(=C\C=C2/CCC[C@]3(C)[C@@H]([C@H](C)CCCC(=O)OC(C)(C)C)CC[C@@H]23)C[C@H](C)C[C@@H]1O[Si](C)(C)C(C)(C)C.C=C1/C(=C\C=C2/CCC[C@]3(C)[C@@H]([C@H](C)CCCC(C)(C)O)CC[C@@H]23)C[C@H](O)C[C@@H]1O. The number of rotatable bonds is 14. The number of hydrogen-bond acceptors (Lipinski definition) is 6. The maximum absolute atomic E-state index is 12.2. The quantitative estimate of drug-likeness (QED) is 0.119. The maximum Gasteiger partial charge on any atom is 0.306 e. The highest BCUT2D eigenvalue weighted by Gasteiger charge is 2.52. The van der Waals surface area contributed by atoms with Crippen LogP contribution in [0.1, 0.15) is 218 Å². The van der Waals surface area contributed by atoms with Crippen LogP contribution in [-0.4, -0.2) is 59.1 Å². The molecule has 0 saturated heterocycles. The van der Waals surface area contributed by atoms with Gasteiger partial charge in [-0.3, -0.25) is 4.79 Å². The zero-order valence-corrected chi connectivity index (χ0v) is 48.7. The number of ether oxygens (including phenoxy) is 1. The fraction of sp³-hybridized carbons (Fsp3) is 0.794. The third-order valence-electron chi connectivity index (χ3n) is 19.3. The van der Waals surface area contributed by atoms with Gasteiger partial charge in [-0.05, 0) is 230 Å². The van der Waals surface area contributed by atoms with Gasteiger partial charge in [-0.15, -0.1) is 0 Å². The molecule has 0 aromatic heterocycles. The van der Waals surface area contributed by atoms with Gasteiger partial charge in [-0.1, -0.05) is 117 Å². The van der Waals surface area contributed by atoms with Crippen LogP contribution in [0.3, 0.4) is 0 Å². The van der Waals surface area contributed by atoms with Crippen molar-refractivity contribution in [2.45, 2.75) is 266 Å². The van der Waals surface area contributed by atoms with Gasteiger partial charge in [0.05, 0.1) is 23.9 Å². The van der Waals surface area contributed by atoms with Crippen LogP contribution in [0.15, 0.2) is 70.9 Å². The lowest BCUT2D eigenvalue weighted by atomic mass is 9.60. The minimum absolute atomic E-state index is 0.0540. The van der Waals surface area contributed by atoms with Crippen LogP contribution in [0, 0.1) is 52.3 Å². The van der Waals surface area contributed by atoms with Crippen molar-refractivity contribution in [1.82, 2.24) is 0 Å². The van der Waals surface area contributed by atoms with E-state index in [4.69, 9.17) is 9.16 Å². The Kier molecular flexibility index (Phi) is 19.9. The minimum atomic E-state index is -1.85. The maximum atomic E-state index is 12.2. The fourth-order valence-electron chi connectivity index (χ4n) is 14.5. The van der Waals surface area contributed by atoms with Gasteiger partial charge in [0, 0.05) is 12.8 Å². The Morgan fingerprint density at radius 1 is 0.757 bits per heavy atom. The third kappa shape index (κ3) is 15.1. The molecular weight excluding hydrogens is 881 g/mol. The summed E-state index contributed by atoms with van der Waals surface area (Å²) in [5, 5.41) is 30.4. The average Bonchev–Trinajstić information content (AvgIpc) is 3.78. The van der Waals surface area contributed by atoms with E-state index in [0.29, 0.717) is 59.7 Å². The van der Waals surface area contributed by atoms with E-state index in [-0.39, 0.29) is 17.1 Å². The van der Waals surface area contributed by atoms with E-state index in [9.17, 15) is 20.1 Å². The minimum Gasteiger partial charge on any atom is -0.460 e. The molecule has 70 heavy (non-hydrogen) atoms. The summed E-state index contributed by atoms with van der Waals surface area (Å²) in [6.07, 6.45) is 30.2. The molecule has 0 bridgehead atoms. The summed E-state index contributed by atoms with van der Waals surface area (Å²) >= 11 is 0. The lowest BCUT2D eigenvalue weighted by Gasteiger charge is -2.44. The molecule has 7 heteroatoms. The number of hydrogen-bond donors (Lipinski definition) is 3. The monoisotopic (exact) mass is 987 g/mol. The first-order valence-electron chi connectivity index (χ1n) is 28.5. The highest BCUT2D eigenvalue weighted by Crippen LogP contribution is 2.61. The van der Waals surface area contributed by atoms with Crippen molar-refractivity contribution in [3.8, 4) is 0 Å². The molecule has 0 heterocycles. The van der Waals surface area contributed by atoms with Gasteiger partial charge < -0.3 is 24.5 Å². The van der Waals surface area contributed by atoms with Crippen molar-refractivity contribution < 1.29 is 29.3 Å². The van der Waals surface area contributed by atoms with Crippen molar-refractivity contribution in [1.29, 1.82) is 0 Å². The topological polar surface area (TPSA) is 96.2 Å². The normalized spacial score (nSPS) is 35.4. The van der Waals surface area contributed by atoms with Gasteiger partial charge >= 0.3 is 5.97 Å². The highest BCUT2D eigenvalue weighted by molar-refractivity contribution is 6.74. The van der Waals surface area contributed by atoms with Crippen molar-refractivity contribution in [3.63, 3.8) is 0 Å². The lowest BCUT2D eigenvalue weighted by Crippen LogP contribution is -2.45. The second kappa shape index (κ2) is 23.7. The molecule has 0 aliphatic heterocycles. The molecule has 0 unspecified atom stereocenters. The van der Waals surface area contributed by atoms with Crippen LogP contribution in [0.2, 0.25) is 18.1 Å². The Balaban J connectivity index is 0.000000271. The lowest BCUT2D eigenvalue weighted by molar-refractivity contribution is -0.155. The number of esters is 1. The fourth-order valence-corrected chi connectivity index (χ4v) is 15.8. The van der Waals surface area contributed by atoms with Crippen LogP contribution in [-0.2, 0) is 14.0 Å². The summed E-state index contributed by atoms with van der Waals surface area (Å²) in [4.78, 5) is 12.2. The molecule has 398 valence electrons. The second-order valence-electron chi connectivity index (χ2n) is 27.8. The van der Waals surface area contributed by atoms with E-state index in [1.807, 2.05) is 34.6 Å². The molecule has 0 spiro atoms. The Hall–Kier alpha value is -2.03. The van der Waals surface area contributed by atoms with Gasteiger partial charge in [-0.25, -0.2) is 0 Å². The van der Waals surface area contributed by atoms with Crippen molar-refractivity contribution >= 4 is 14.3 Å². The zero-order chi connectivity index (χ0) is 52.2. The van der Waals surface area contributed by atoms with E-state index in [1.54, 1.807) is 11.1 Å². The van der Waals surface area contributed by atoms with Crippen molar-refractivity contribution in [3.05, 3.63) is 70.9 Å². The summed E-state index contributed by atoms with van der Waals surface area (Å²) in [6.45, 7) is 42.3. The molecule has 0 amide bonds. The first-order chi connectivity index (χ1) is 32.3. The van der Waals surface area contributed by atoms with E-state index < -0.39 is 31.7 Å². The number of fused-ring (bicyclic) bond motifs is 2. The van der Waals surface area contributed by atoms with E-state index in [1.165, 1.54) is 81.8 Å². The number of aliphatic hydroxyl groups excluding tert-OH is 2. The summed E-state index contributed by atoms with van der Waals surface area (Å²) in [6, 6.07) is 0. The first-order valence-corrected chi connectivity index (χ1v) is 31.4. The summed E-state index contributed by atoms with van der Waals surface area (Å²) < 4.78 is 12.4. The second-order valence-corrected chi connectivity index (χ2v) is 32.5. The average molecular weight is 988 g/mol. The predicted molar refractivity (Wildman–Crippen MR) is 297 cm³/mol. The predicted octanol–water partition coefficient (Wildman–Crippen LogP) is 16.3. The molecule has 6 rings (SSSR count). The highest BCUT2D eigenvalue weighted by atomic mass is 28.4. The van der Waals surface area contributed by atoms with Gasteiger partial charge in [0.2, 0.25) is 0 Å². The molecule has 6 fully saturated rings. The van der Waals surface area contributed by atoms with Crippen LogP contribution >= 0.6 is 0 Å². The molecule has 6 nitrogen and oxygen atoms in total. The Morgan fingerprint density at radius 2 is 1.26 bits per heavy atom. The van der Waals surface area contributed by atoms with Gasteiger partial charge in [0.15, 0.2) is 8.32 Å². The van der Waals surface area contributed by atoms with Crippen LogP contribution in [0.5, 0.6) is 0 Å². The zero-order valence-electron chi connectivity index (χ0n) is 47.7. The molecule has 12 atom stereocenters. The number of carbonyl (C=O) groups excluding carboxylic acids is 1. The Morgan fingerprint density at radius 3 is 1.74 bits per heavy atom. The molecule has 6 saturated carbocycles. The van der Waals surface area contributed by atoms with Crippen LogP contribution in [0.25, 0.3) is 0 Å². The number of aliphatic hydroxyl groups is 3. The summed E-state index contributed by atoms with van der Waals surface area (Å²) in [5.41, 5.74) is 7.45. The third-order valence-corrected chi connectivity index (χ3v) is 23.8. The summed E-state index contributed by atoms with van der Waals surface area (Å²) in [7, 11) is -1.85. The Labute approximate surface area is 430 Å². The smallest absolute Gasteiger partial charge is 0.306 e. The number of allylic oxidation sites excluding steroid dienone is 6. The number of carbonyl (C=O) groups is 1. The first kappa shape index (κ1) is 58.9. The molecular formula is C63H106O6Si. The molecule has 0 aromatic rings. The van der Waals surface area contributed by atoms with Gasteiger partial charge in [0.25, 0.3) is 0 Å². The standard InChI is InChI=1S/C36H62O3Si.C27H44O3/c1-25-23-29(27(3)32(24-25)39-40(11,12)35(7,8)9)19-18-28-16-14-22-36(10)30(20-21-31(28)36)26(2)15-13-17-33(37)38-34(4,5)6;1-18(8-6-14-26(3,4)30)23-12-13-24-20(9-7-15-27(23,24)5)10-11-21-16-22(28)17-25(29)19(21)2/h18-19,25-26,30-32H,3,13-17,20-24H2,1-2,4-12H3;10-11,18,22-25,28-30H,2,6-9,12-17H2,1,3-5H3/b28-18+,29-19-;20-10+,21-11-/t25-,26+,30+,31-,32-,36+;18-,22+,23-,24+,25+,27-/m01/s1. The van der Waals surface area contributed by atoms with Crippen molar-refractivity contribution in [2.75, 3.05) is 0 Å².